The number of halogens is 1. The van der Waals surface area contributed by atoms with Crippen LogP contribution in [0.1, 0.15) is 18.4 Å². The Bertz CT molecular complexity index is 513. The first-order chi connectivity index (χ1) is 10.3. The monoisotopic (exact) mass is 319 g/mol. The van der Waals surface area contributed by atoms with Gasteiger partial charge in [-0.2, -0.15) is 0 Å². The van der Waals surface area contributed by atoms with Crippen molar-refractivity contribution >= 4 is 23.4 Å². The van der Waals surface area contributed by atoms with E-state index < -0.39 is 0 Å². The maximum absolute atomic E-state index is 5.91. The van der Waals surface area contributed by atoms with Crippen molar-refractivity contribution in [3.63, 3.8) is 0 Å². The van der Waals surface area contributed by atoms with Gasteiger partial charge in [-0.3, -0.25) is 0 Å². The van der Waals surface area contributed by atoms with E-state index in [0.717, 1.165) is 17.2 Å². The third kappa shape index (κ3) is 6.13. The van der Waals surface area contributed by atoms with E-state index >= 15 is 0 Å². The lowest BCUT2D eigenvalue weighted by atomic mass is 10.1. The van der Waals surface area contributed by atoms with Crippen molar-refractivity contribution in [3.8, 4) is 0 Å². The van der Waals surface area contributed by atoms with Crippen LogP contribution in [0.15, 0.2) is 59.5 Å². The van der Waals surface area contributed by atoms with E-state index in [4.69, 9.17) is 11.6 Å². The van der Waals surface area contributed by atoms with Gasteiger partial charge in [0, 0.05) is 21.7 Å². The molecule has 1 unspecified atom stereocenters. The molecule has 112 valence electrons. The van der Waals surface area contributed by atoms with Gasteiger partial charge in [0.2, 0.25) is 0 Å². The molecule has 0 aliphatic carbocycles. The molecular weight excluding hydrogens is 298 g/mol. The highest BCUT2D eigenvalue weighted by Gasteiger charge is 2.07. The van der Waals surface area contributed by atoms with E-state index in [1.807, 2.05) is 23.9 Å². The van der Waals surface area contributed by atoms with Crippen molar-refractivity contribution in [1.29, 1.82) is 0 Å². The van der Waals surface area contributed by atoms with Gasteiger partial charge in [0.15, 0.2) is 0 Å². The summed E-state index contributed by atoms with van der Waals surface area (Å²) in [7, 11) is 2.05. The Kier molecular flexibility index (Phi) is 7.14. The molecule has 1 N–H and O–H groups in total. The summed E-state index contributed by atoms with van der Waals surface area (Å²) in [6.45, 7) is 0. The maximum atomic E-state index is 5.91. The predicted octanol–water partition coefficient (Wildman–Crippen LogP) is 5.04. The molecule has 0 aliphatic heterocycles. The first kappa shape index (κ1) is 16.4. The lowest BCUT2D eigenvalue weighted by molar-refractivity contribution is 0.549. The minimum Gasteiger partial charge on any atom is -0.316 e. The zero-order chi connectivity index (χ0) is 14.9. The molecule has 0 heterocycles. The van der Waals surface area contributed by atoms with Crippen LogP contribution in [0, 0.1) is 0 Å². The SMILES string of the molecule is CNC(CCCc1ccccc1)CSc1ccc(Cl)cc1. The Labute approximate surface area is 137 Å². The summed E-state index contributed by atoms with van der Waals surface area (Å²) >= 11 is 7.79. The summed E-state index contributed by atoms with van der Waals surface area (Å²) in [4.78, 5) is 1.28. The fourth-order valence-electron chi connectivity index (χ4n) is 2.24. The summed E-state index contributed by atoms with van der Waals surface area (Å²) in [6.07, 6.45) is 3.58. The lowest BCUT2D eigenvalue weighted by Gasteiger charge is -2.15. The Morgan fingerprint density at radius 2 is 1.76 bits per heavy atom. The summed E-state index contributed by atoms with van der Waals surface area (Å²) in [5.74, 6) is 1.09. The van der Waals surface area contributed by atoms with E-state index in [2.05, 4.69) is 54.8 Å². The second kappa shape index (κ2) is 9.14. The van der Waals surface area contributed by atoms with Gasteiger partial charge in [0.1, 0.15) is 0 Å². The molecule has 0 aliphatic rings. The van der Waals surface area contributed by atoms with Crippen molar-refractivity contribution in [2.45, 2.75) is 30.2 Å². The van der Waals surface area contributed by atoms with Crippen molar-refractivity contribution in [2.24, 2.45) is 0 Å². The van der Waals surface area contributed by atoms with Gasteiger partial charge in [-0.25, -0.2) is 0 Å². The van der Waals surface area contributed by atoms with E-state index in [9.17, 15) is 0 Å². The number of benzene rings is 2. The largest absolute Gasteiger partial charge is 0.316 e. The van der Waals surface area contributed by atoms with Crippen LogP contribution in [0.25, 0.3) is 0 Å². The summed E-state index contributed by atoms with van der Waals surface area (Å²) in [5.41, 5.74) is 1.43. The molecule has 1 atom stereocenters. The molecule has 0 amide bonds. The third-order valence-corrected chi connectivity index (χ3v) is 4.96. The van der Waals surface area contributed by atoms with E-state index in [1.54, 1.807) is 0 Å². The van der Waals surface area contributed by atoms with E-state index in [0.29, 0.717) is 6.04 Å². The number of rotatable bonds is 8. The molecule has 0 aromatic heterocycles. The minimum absolute atomic E-state index is 0.550. The molecule has 0 saturated heterocycles. The summed E-state index contributed by atoms with van der Waals surface area (Å²) in [5, 5.41) is 4.22. The van der Waals surface area contributed by atoms with Gasteiger partial charge in [0.05, 0.1) is 0 Å². The standard InChI is InChI=1S/C18H22ClNS/c1-20-17(9-5-8-15-6-3-2-4-7-15)14-21-18-12-10-16(19)11-13-18/h2-4,6-7,10-13,17,20H,5,8-9,14H2,1H3. The molecular formula is C18H22ClNS. The van der Waals surface area contributed by atoms with Crippen LogP contribution >= 0.6 is 23.4 Å². The molecule has 0 saturated carbocycles. The quantitative estimate of drug-likeness (QED) is 0.684. The van der Waals surface area contributed by atoms with Crippen LogP contribution in [0.3, 0.4) is 0 Å². The Balaban J connectivity index is 1.71. The van der Waals surface area contributed by atoms with Gasteiger partial charge < -0.3 is 5.32 Å². The number of thioether (sulfide) groups is 1. The molecule has 2 aromatic carbocycles. The Morgan fingerprint density at radius 1 is 1.05 bits per heavy atom. The normalized spacial score (nSPS) is 12.3. The van der Waals surface area contributed by atoms with Gasteiger partial charge in [-0.1, -0.05) is 41.9 Å². The average molecular weight is 320 g/mol. The summed E-state index contributed by atoms with van der Waals surface area (Å²) in [6, 6.07) is 19.3. The number of aryl methyl sites for hydroxylation is 1. The molecule has 21 heavy (non-hydrogen) atoms. The van der Waals surface area contributed by atoms with E-state index in [1.165, 1.54) is 23.3 Å². The Morgan fingerprint density at radius 3 is 2.43 bits per heavy atom. The smallest absolute Gasteiger partial charge is 0.0406 e. The Hall–Kier alpha value is -0.960. The van der Waals surface area contributed by atoms with Crippen LogP contribution in [-0.4, -0.2) is 18.8 Å². The highest BCUT2D eigenvalue weighted by Crippen LogP contribution is 2.22. The van der Waals surface area contributed by atoms with Crippen LogP contribution < -0.4 is 5.32 Å². The summed E-state index contributed by atoms with van der Waals surface area (Å²) < 4.78 is 0. The lowest BCUT2D eigenvalue weighted by Crippen LogP contribution is -2.27. The molecule has 0 bridgehead atoms. The first-order valence-corrected chi connectivity index (χ1v) is 8.74. The number of hydrogen-bond acceptors (Lipinski definition) is 2. The fourth-order valence-corrected chi connectivity index (χ4v) is 3.42. The molecule has 3 heteroatoms. The van der Waals surface area contributed by atoms with Gasteiger partial charge in [-0.05, 0) is 56.1 Å². The predicted molar refractivity (Wildman–Crippen MR) is 94.4 cm³/mol. The molecule has 0 fully saturated rings. The van der Waals surface area contributed by atoms with Crippen molar-refractivity contribution in [1.82, 2.24) is 5.32 Å². The molecule has 0 radical (unpaired) electrons. The molecule has 0 spiro atoms. The maximum Gasteiger partial charge on any atom is 0.0406 e. The van der Waals surface area contributed by atoms with Gasteiger partial charge >= 0.3 is 0 Å². The zero-order valence-corrected chi connectivity index (χ0v) is 14.0. The van der Waals surface area contributed by atoms with Crippen LogP contribution in [0.2, 0.25) is 5.02 Å². The highest BCUT2D eigenvalue weighted by atomic mass is 35.5. The highest BCUT2D eigenvalue weighted by molar-refractivity contribution is 7.99. The van der Waals surface area contributed by atoms with Crippen molar-refractivity contribution in [3.05, 3.63) is 65.2 Å². The van der Waals surface area contributed by atoms with Crippen LogP contribution in [0.5, 0.6) is 0 Å². The average Bonchev–Trinajstić information content (AvgIpc) is 2.53. The second-order valence-electron chi connectivity index (χ2n) is 5.13. The molecule has 2 rings (SSSR count). The van der Waals surface area contributed by atoms with Crippen LogP contribution in [0.4, 0.5) is 0 Å². The van der Waals surface area contributed by atoms with Gasteiger partial charge in [-0.15, -0.1) is 11.8 Å². The van der Waals surface area contributed by atoms with Crippen molar-refractivity contribution < 1.29 is 0 Å². The van der Waals surface area contributed by atoms with E-state index in [-0.39, 0.29) is 0 Å². The first-order valence-electron chi connectivity index (χ1n) is 7.37. The third-order valence-electron chi connectivity index (χ3n) is 3.53. The van der Waals surface area contributed by atoms with Crippen LogP contribution in [-0.2, 0) is 6.42 Å². The second-order valence-corrected chi connectivity index (χ2v) is 6.66. The topological polar surface area (TPSA) is 12.0 Å². The molecule has 2 aromatic rings. The fraction of sp³-hybridized carbons (Fsp3) is 0.333. The van der Waals surface area contributed by atoms with Crippen molar-refractivity contribution in [2.75, 3.05) is 12.8 Å². The number of nitrogens with one attached hydrogen (secondary N) is 1. The van der Waals surface area contributed by atoms with Gasteiger partial charge in [0.25, 0.3) is 0 Å². The zero-order valence-electron chi connectivity index (χ0n) is 12.4. The molecule has 1 nitrogen and oxygen atoms in total. The minimum atomic E-state index is 0.550. The number of hydrogen-bond donors (Lipinski definition) is 1.